The number of rotatable bonds is 3. The van der Waals surface area contributed by atoms with E-state index in [0.29, 0.717) is 5.11 Å². The molecule has 6 bridgehead atoms. The molecule has 0 spiro atoms. The lowest BCUT2D eigenvalue weighted by molar-refractivity contribution is -0.144. The Morgan fingerprint density at radius 3 is 1.88 bits per heavy atom. The Morgan fingerprint density at radius 1 is 0.885 bits per heavy atom. The van der Waals surface area contributed by atoms with E-state index in [0.717, 1.165) is 61.3 Å². The molecule has 26 heavy (non-hydrogen) atoms. The van der Waals surface area contributed by atoms with E-state index >= 15 is 0 Å². The summed E-state index contributed by atoms with van der Waals surface area (Å²) < 4.78 is 0. The number of carbonyl (C=O) groups excluding carboxylic acids is 1. The highest BCUT2D eigenvalue weighted by Crippen LogP contribution is 2.60. The topological polar surface area (TPSA) is 41.1 Å². The standard InChI is InChI=1S/C22H34N2OS/c25-20(22-10-14-7-15(11-22)9-16(8-14)12-22)24-21(26)23-13-19-17-3-1-4-18(19)6-2-5-17/h14-19H,1-13H2,(H2,23,24,25,26). The van der Waals surface area contributed by atoms with Crippen molar-refractivity contribution >= 4 is 23.2 Å². The van der Waals surface area contributed by atoms with Crippen molar-refractivity contribution in [1.29, 1.82) is 0 Å². The molecule has 3 nitrogen and oxygen atoms in total. The molecule has 6 aliphatic rings. The highest BCUT2D eigenvalue weighted by atomic mass is 32.1. The summed E-state index contributed by atoms with van der Waals surface area (Å²) in [5, 5.41) is 7.16. The van der Waals surface area contributed by atoms with Gasteiger partial charge in [0, 0.05) is 6.54 Å². The van der Waals surface area contributed by atoms with Crippen LogP contribution in [0, 0.1) is 40.9 Å². The Morgan fingerprint density at radius 2 is 1.38 bits per heavy atom. The highest BCUT2D eigenvalue weighted by molar-refractivity contribution is 7.80. The van der Waals surface area contributed by atoms with Gasteiger partial charge in [-0.3, -0.25) is 4.79 Å². The zero-order valence-corrected chi connectivity index (χ0v) is 16.8. The third-order valence-corrected chi connectivity index (χ3v) is 9.00. The minimum absolute atomic E-state index is 0.0954. The van der Waals surface area contributed by atoms with Crippen LogP contribution in [0.15, 0.2) is 0 Å². The van der Waals surface area contributed by atoms with E-state index < -0.39 is 0 Å². The summed E-state index contributed by atoms with van der Waals surface area (Å²) in [5.41, 5.74) is -0.0954. The van der Waals surface area contributed by atoms with E-state index in [-0.39, 0.29) is 11.3 Å². The molecule has 0 radical (unpaired) electrons. The first kappa shape index (κ1) is 17.5. The molecule has 0 heterocycles. The number of hydrogen-bond donors (Lipinski definition) is 2. The maximum Gasteiger partial charge on any atom is 0.232 e. The molecule has 0 atom stereocenters. The fourth-order valence-corrected chi connectivity index (χ4v) is 8.20. The predicted molar refractivity (Wildman–Crippen MR) is 108 cm³/mol. The van der Waals surface area contributed by atoms with Gasteiger partial charge in [-0.25, -0.2) is 0 Å². The lowest BCUT2D eigenvalue weighted by atomic mass is 9.49. The quantitative estimate of drug-likeness (QED) is 0.719. The van der Waals surface area contributed by atoms with Gasteiger partial charge in [0.15, 0.2) is 5.11 Å². The molecule has 6 fully saturated rings. The number of thiocarbonyl (C=S) groups is 1. The van der Waals surface area contributed by atoms with Crippen LogP contribution in [0.3, 0.4) is 0 Å². The number of amides is 1. The van der Waals surface area contributed by atoms with Crippen LogP contribution in [0.2, 0.25) is 0 Å². The van der Waals surface area contributed by atoms with Gasteiger partial charge in [0.25, 0.3) is 0 Å². The molecule has 6 rings (SSSR count). The second-order valence-corrected chi connectivity index (χ2v) is 10.8. The van der Waals surface area contributed by atoms with Crippen LogP contribution >= 0.6 is 12.2 Å². The highest BCUT2D eigenvalue weighted by Gasteiger charge is 2.54. The molecule has 0 unspecified atom stereocenters. The zero-order valence-electron chi connectivity index (χ0n) is 16.0. The SMILES string of the molecule is O=C(NC(=S)NCC1C2CCCC1CCC2)C12CC3CC(CC(C3)C1)C2. The van der Waals surface area contributed by atoms with Gasteiger partial charge in [0.2, 0.25) is 5.91 Å². The molecular weight excluding hydrogens is 340 g/mol. The van der Waals surface area contributed by atoms with Gasteiger partial charge in [0.1, 0.15) is 0 Å². The number of nitrogens with one attached hydrogen (secondary N) is 2. The summed E-state index contributed by atoms with van der Waals surface area (Å²) >= 11 is 5.54. The van der Waals surface area contributed by atoms with Crippen LogP contribution in [0.25, 0.3) is 0 Å². The second-order valence-electron chi connectivity index (χ2n) is 10.4. The van der Waals surface area contributed by atoms with Crippen LogP contribution in [0.4, 0.5) is 0 Å². The first-order valence-electron chi connectivity index (χ1n) is 11.2. The maximum absolute atomic E-state index is 13.1. The van der Waals surface area contributed by atoms with E-state index in [4.69, 9.17) is 12.2 Å². The number of hydrogen-bond acceptors (Lipinski definition) is 2. The summed E-state index contributed by atoms with van der Waals surface area (Å²) in [7, 11) is 0. The van der Waals surface area contributed by atoms with Gasteiger partial charge in [-0.15, -0.1) is 0 Å². The van der Waals surface area contributed by atoms with Gasteiger partial charge in [-0.2, -0.15) is 0 Å². The van der Waals surface area contributed by atoms with Crippen molar-refractivity contribution in [3.8, 4) is 0 Å². The molecule has 0 aromatic rings. The molecule has 0 aromatic carbocycles. The summed E-state index contributed by atoms with van der Waals surface area (Å²) in [4.78, 5) is 13.1. The minimum Gasteiger partial charge on any atom is -0.362 e. The Bertz CT molecular complexity index is 531. The van der Waals surface area contributed by atoms with E-state index in [9.17, 15) is 4.79 Å². The molecule has 0 saturated heterocycles. The summed E-state index contributed by atoms with van der Waals surface area (Å²) in [6.07, 6.45) is 15.9. The summed E-state index contributed by atoms with van der Waals surface area (Å²) in [5.74, 6) is 5.18. The Kier molecular flexibility index (Phi) is 4.54. The monoisotopic (exact) mass is 374 g/mol. The normalized spacial score (nSPS) is 46.0. The van der Waals surface area contributed by atoms with Crippen molar-refractivity contribution in [3.63, 3.8) is 0 Å². The van der Waals surface area contributed by atoms with Gasteiger partial charge in [-0.05, 0) is 86.3 Å². The van der Waals surface area contributed by atoms with E-state index in [1.807, 2.05) is 0 Å². The largest absolute Gasteiger partial charge is 0.362 e. The number of fused-ring (bicyclic) bond motifs is 2. The second kappa shape index (κ2) is 6.76. The average Bonchev–Trinajstić information content (AvgIpc) is 2.58. The predicted octanol–water partition coefficient (Wildman–Crippen LogP) is 4.41. The smallest absolute Gasteiger partial charge is 0.232 e. The van der Waals surface area contributed by atoms with Crippen LogP contribution in [0.1, 0.15) is 77.0 Å². The molecule has 0 aromatic heterocycles. The van der Waals surface area contributed by atoms with Crippen LogP contribution in [0.5, 0.6) is 0 Å². The van der Waals surface area contributed by atoms with Gasteiger partial charge >= 0.3 is 0 Å². The van der Waals surface area contributed by atoms with Crippen molar-refractivity contribution in [1.82, 2.24) is 10.6 Å². The van der Waals surface area contributed by atoms with Crippen LogP contribution in [-0.2, 0) is 4.79 Å². The third-order valence-electron chi connectivity index (χ3n) is 8.76. The molecule has 2 N–H and O–H groups in total. The average molecular weight is 375 g/mol. The zero-order chi connectivity index (χ0) is 17.7. The lowest BCUT2D eigenvalue weighted by Crippen LogP contribution is -2.56. The van der Waals surface area contributed by atoms with Gasteiger partial charge in [0.05, 0.1) is 5.41 Å². The first-order chi connectivity index (χ1) is 12.6. The fourth-order valence-electron chi connectivity index (χ4n) is 8.03. The van der Waals surface area contributed by atoms with E-state index in [2.05, 4.69) is 10.6 Å². The van der Waals surface area contributed by atoms with Gasteiger partial charge in [-0.1, -0.05) is 38.5 Å². The van der Waals surface area contributed by atoms with Gasteiger partial charge < -0.3 is 10.6 Å². The lowest BCUT2D eigenvalue weighted by Gasteiger charge is -2.55. The first-order valence-corrected chi connectivity index (χ1v) is 11.6. The fraction of sp³-hybridized carbons (Fsp3) is 0.909. The summed E-state index contributed by atoms with van der Waals surface area (Å²) in [6.45, 7) is 0.968. The molecule has 4 heteroatoms. The molecule has 144 valence electrons. The Balaban J connectivity index is 1.17. The third kappa shape index (κ3) is 3.10. The van der Waals surface area contributed by atoms with E-state index in [1.165, 1.54) is 57.8 Å². The van der Waals surface area contributed by atoms with Crippen LogP contribution < -0.4 is 10.6 Å². The minimum atomic E-state index is -0.0954. The molecule has 6 saturated carbocycles. The maximum atomic E-state index is 13.1. The van der Waals surface area contributed by atoms with Crippen LogP contribution in [-0.4, -0.2) is 17.6 Å². The molecular formula is C22H34N2OS. The summed E-state index contributed by atoms with van der Waals surface area (Å²) in [6, 6.07) is 0. The van der Waals surface area contributed by atoms with Crippen molar-refractivity contribution in [2.24, 2.45) is 40.9 Å². The molecule has 1 amide bonds. The molecule has 6 aliphatic carbocycles. The number of carbonyl (C=O) groups is 1. The molecule has 0 aliphatic heterocycles. The Hall–Kier alpha value is -0.640. The van der Waals surface area contributed by atoms with Crippen molar-refractivity contribution in [2.45, 2.75) is 77.0 Å². The Labute approximate surface area is 163 Å². The van der Waals surface area contributed by atoms with Crippen molar-refractivity contribution < 1.29 is 4.79 Å². The van der Waals surface area contributed by atoms with E-state index in [1.54, 1.807) is 0 Å². The van der Waals surface area contributed by atoms with Crippen molar-refractivity contribution in [2.75, 3.05) is 6.54 Å². The van der Waals surface area contributed by atoms with Crippen molar-refractivity contribution in [3.05, 3.63) is 0 Å².